The predicted molar refractivity (Wildman–Crippen MR) is 71.0 cm³/mol. The molecule has 0 saturated heterocycles. The zero-order chi connectivity index (χ0) is 12.1. The van der Waals surface area contributed by atoms with E-state index in [0.29, 0.717) is 0 Å². The number of nitrogens with two attached hydrogens (primary N) is 1. The molecule has 0 radical (unpaired) electrons. The number of nitrogens with zero attached hydrogens (tertiary/aromatic N) is 2. The fraction of sp³-hybridized carbons (Fsp3) is 0.462. The van der Waals surface area contributed by atoms with Crippen molar-refractivity contribution >= 4 is 11.0 Å². The van der Waals surface area contributed by atoms with Crippen molar-refractivity contribution in [3.8, 4) is 0 Å². The minimum absolute atomic E-state index is 0.733. The van der Waals surface area contributed by atoms with Crippen molar-refractivity contribution in [2.24, 2.45) is 5.73 Å². The van der Waals surface area contributed by atoms with Crippen LogP contribution in [-0.2, 0) is 6.42 Å². The van der Waals surface area contributed by atoms with Gasteiger partial charge in [0.25, 0.3) is 0 Å². The lowest BCUT2D eigenvalue weighted by atomic mass is 10.1. The molecule has 0 aliphatic heterocycles. The van der Waals surface area contributed by atoms with Gasteiger partial charge in [0.15, 0.2) is 0 Å². The Hall–Kier alpha value is -1.39. The maximum atomic E-state index is 5.51. The van der Waals surface area contributed by atoms with Gasteiger partial charge in [-0.15, -0.1) is 0 Å². The number of likely N-dealkylation sites (N-methyl/N-ethyl adjacent to an activating group) is 1. The Bertz CT molecular complexity index is 463. The van der Waals surface area contributed by atoms with Gasteiger partial charge in [0, 0.05) is 13.1 Å². The highest BCUT2D eigenvalue weighted by Crippen LogP contribution is 2.12. The Morgan fingerprint density at radius 3 is 3.06 bits per heavy atom. The van der Waals surface area contributed by atoms with Crippen LogP contribution in [0.15, 0.2) is 24.5 Å². The standard InChI is InChI=1S/C13H20N4/c1-17(8-6-14)7-2-3-11-4-5-12-13(9-11)16-10-15-12/h4-5,9-10H,2-3,6-8,14H2,1H3,(H,15,16). The minimum atomic E-state index is 0.733. The zero-order valence-electron chi connectivity index (χ0n) is 10.3. The number of aromatic amines is 1. The predicted octanol–water partition coefficient (Wildman–Crippen LogP) is 1.39. The van der Waals surface area contributed by atoms with Crippen LogP contribution < -0.4 is 5.73 Å². The van der Waals surface area contributed by atoms with Crippen molar-refractivity contribution in [1.82, 2.24) is 14.9 Å². The molecular weight excluding hydrogens is 212 g/mol. The summed E-state index contributed by atoms with van der Waals surface area (Å²) in [6.45, 7) is 2.80. The molecule has 0 atom stereocenters. The van der Waals surface area contributed by atoms with Crippen LogP contribution in [0, 0.1) is 0 Å². The van der Waals surface area contributed by atoms with E-state index in [-0.39, 0.29) is 0 Å². The van der Waals surface area contributed by atoms with E-state index in [4.69, 9.17) is 5.73 Å². The average molecular weight is 232 g/mol. The van der Waals surface area contributed by atoms with E-state index in [2.05, 4.69) is 40.1 Å². The van der Waals surface area contributed by atoms with Crippen LogP contribution in [0.5, 0.6) is 0 Å². The first-order chi connectivity index (χ1) is 8.29. The molecule has 0 spiro atoms. The maximum absolute atomic E-state index is 5.51. The van der Waals surface area contributed by atoms with E-state index in [0.717, 1.165) is 43.5 Å². The highest BCUT2D eigenvalue weighted by atomic mass is 15.1. The molecule has 4 heteroatoms. The SMILES string of the molecule is CN(CCN)CCCc1ccc2nc[nH]c2c1. The molecule has 0 unspecified atom stereocenters. The Balaban J connectivity index is 1.86. The van der Waals surface area contributed by atoms with Crippen LogP contribution in [0.25, 0.3) is 11.0 Å². The van der Waals surface area contributed by atoms with E-state index in [9.17, 15) is 0 Å². The number of benzene rings is 1. The molecule has 1 heterocycles. The molecule has 0 aliphatic carbocycles. The van der Waals surface area contributed by atoms with Crippen molar-refractivity contribution in [3.05, 3.63) is 30.1 Å². The second-order valence-corrected chi connectivity index (χ2v) is 4.45. The fourth-order valence-corrected chi connectivity index (χ4v) is 2.02. The number of rotatable bonds is 6. The van der Waals surface area contributed by atoms with Crippen molar-refractivity contribution in [2.75, 3.05) is 26.7 Å². The monoisotopic (exact) mass is 232 g/mol. The number of H-pyrrole nitrogens is 1. The van der Waals surface area contributed by atoms with Crippen LogP contribution >= 0.6 is 0 Å². The maximum Gasteiger partial charge on any atom is 0.0931 e. The highest BCUT2D eigenvalue weighted by Gasteiger charge is 2.00. The Labute approximate surface area is 102 Å². The summed E-state index contributed by atoms with van der Waals surface area (Å²) < 4.78 is 0. The summed E-state index contributed by atoms with van der Waals surface area (Å²) in [5.74, 6) is 0. The third kappa shape index (κ3) is 3.28. The average Bonchev–Trinajstić information content (AvgIpc) is 2.76. The van der Waals surface area contributed by atoms with Gasteiger partial charge in [0.2, 0.25) is 0 Å². The van der Waals surface area contributed by atoms with E-state index in [1.165, 1.54) is 5.56 Å². The van der Waals surface area contributed by atoms with E-state index < -0.39 is 0 Å². The van der Waals surface area contributed by atoms with Crippen molar-refractivity contribution in [2.45, 2.75) is 12.8 Å². The topological polar surface area (TPSA) is 57.9 Å². The fourth-order valence-electron chi connectivity index (χ4n) is 2.02. The third-order valence-corrected chi connectivity index (χ3v) is 3.00. The van der Waals surface area contributed by atoms with E-state index >= 15 is 0 Å². The van der Waals surface area contributed by atoms with E-state index in [1.807, 2.05) is 0 Å². The molecule has 2 aromatic rings. The Morgan fingerprint density at radius 1 is 1.35 bits per heavy atom. The molecule has 17 heavy (non-hydrogen) atoms. The summed E-state index contributed by atoms with van der Waals surface area (Å²) in [7, 11) is 2.12. The number of aromatic nitrogens is 2. The molecule has 0 amide bonds. The lowest BCUT2D eigenvalue weighted by molar-refractivity contribution is 0.338. The van der Waals surface area contributed by atoms with Gasteiger partial charge in [-0.05, 0) is 44.1 Å². The van der Waals surface area contributed by atoms with Gasteiger partial charge in [0.1, 0.15) is 0 Å². The second kappa shape index (κ2) is 5.80. The van der Waals surface area contributed by atoms with Crippen molar-refractivity contribution in [1.29, 1.82) is 0 Å². The number of aryl methyl sites for hydroxylation is 1. The summed E-state index contributed by atoms with van der Waals surface area (Å²) in [6.07, 6.45) is 4.00. The first kappa shape index (κ1) is 12.1. The van der Waals surface area contributed by atoms with Gasteiger partial charge < -0.3 is 15.6 Å². The largest absolute Gasteiger partial charge is 0.345 e. The molecule has 1 aromatic carbocycles. The summed E-state index contributed by atoms with van der Waals surface area (Å²) in [4.78, 5) is 9.63. The second-order valence-electron chi connectivity index (χ2n) is 4.45. The number of hydrogen-bond acceptors (Lipinski definition) is 3. The molecule has 3 N–H and O–H groups in total. The number of nitrogens with one attached hydrogen (secondary N) is 1. The van der Waals surface area contributed by atoms with Crippen LogP contribution in [0.3, 0.4) is 0 Å². The molecule has 92 valence electrons. The summed E-state index contributed by atoms with van der Waals surface area (Å²) in [5.41, 5.74) is 9.03. The van der Waals surface area contributed by atoms with Crippen molar-refractivity contribution < 1.29 is 0 Å². The first-order valence-corrected chi connectivity index (χ1v) is 6.10. The third-order valence-electron chi connectivity index (χ3n) is 3.00. The molecular formula is C13H20N4. The lowest BCUT2D eigenvalue weighted by Gasteiger charge is -2.14. The number of hydrogen-bond donors (Lipinski definition) is 2. The molecule has 0 saturated carbocycles. The number of imidazole rings is 1. The van der Waals surface area contributed by atoms with Gasteiger partial charge >= 0.3 is 0 Å². The highest BCUT2D eigenvalue weighted by molar-refractivity contribution is 5.74. The number of fused-ring (bicyclic) bond motifs is 1. The van der Waals surface area contributed by atoms with Crippen molar-refractivity contribution in [3.63, 3.8) is 0 Å². The molecule has 0 fully saturated rings. The van der Waals surface area contributed by atoms with Gasteiger partial charge in [-0.25, -0.2) is 4.98 Å². The van der Waals surface area contributed by atoms with Gasteiger partial charge in [-0.1, -0.05) is 6.07 Å². The molecule has 0 bridgehead atoms. The molecule has 0 aliphatic rings. The lowest BCUT2D eigenvalue weighted by Crippen LogP contribution is -2.26. The zero-order valence-corrected chi connectivity index (χ0v) is 10.3. The smallest absolute Gasteiger partial charge is 0.0931 e. The Morgan fingerprint density at radius 2 is 2.24 bits per heavy atom. The van der Waals surface area contributed by atoms with E-state index in [1.54, 1.807) is 6.33 Å². The summed E-state index contributed by atoms with van der Waals surface area (Å²) >= 11 is 0. The van der Waals surface area contributed by atoms with Gasteiger partial charge in [-0.2, -0.15) is 0 Å². The van der Waals surface area contributed by atoms with Gasteiger partial charge in [-0.3, -0.25) is 0 Å². The van der Waals surface area contributed by atoms with Crippen LogP contribution in [0.1, 0.15) is 12.0 Å². The van der Waals surface area contributed by atoms with Gasteiger partial charge in [0.05, 0.1) is 17.4 Å². The molecule has 1 aromatic heterocycles. The minimum Gasteiger partial charge on any atom is -0.345 e. The molecule has 4 nitrogen and oxygen atoms in total. The summed E-state index contributed by atoms with van der Waals surface area (Å²) in [6, 6.07) is 6.42. The first-order valence-electron chi connectivity index (χ1n) is 6.10. The van der Waals surface area contributed by atoms with Crippen LogP contribution in [0.2, 0.25) is 0 Å². The molecule has 2 rings (SSSR count). The normalized spacial score (nSPS) is 11.5. The van der Waals surface area contributed by atoms with Crippen LogP contribution in [0.4, 0.5) is 0 Å². The quantitative estimate of drug-likeness (QED) is 0.791. The van der Waals surface area contributed by atoms with Crippen LogP contribution in [-0.4, -0.2) is 41.5 Å². The Kier molecular flexibility index (Phi) is 4.12. The summed E-state index contributed by atoms with van der Waals surface area (Å²) in [5, 5.41) is 0.